The lowest BCUT2D eigenvalue weighted by molar-refractivity contribution is 0.0940. The fraction of sp³-hybridized carbons (Fsp3) is 0.250. The maximum absolute atomic E-state index is 13.1. The first-order chi connectivity index (χ1) is 12.6. The van der Waals surface area contributed by atoms with Crippen molar-refractivity contribution in [3.05, 3.63) is 77.6 Å². The first kappa shape index (κ1) is 17.8. The van der Waals surface area contributed by atoms with Gasteiger partial charge in [0, 0.05) is 12.5 Å². The summed E-state index contributed by atoms with van der Waals surface area (Å²) >= 11 is 0. The van der Waals surface area contributed by atoms with Crippen LogP contribution in [0.1, 0.15) is 41.3 Å². The molecule has 3 rings (SSSR count). The van der Waals surface area contributed by atoms with Crippen LogP contribution in [-0.4, -0.2) is 27.2 Å². The standard InChI is InChI=1S/C20H21FN4O/c1-3-15(16-7-5-4-6-8-16)13-22-20(26)19-23-14(2)25(24-19)18-11-9-17(21)10-12-18/h4-12,15H,3,13H2,1-2H3,(H,22,26)/t15-/m1/s1. The minimum atomic E-state index is -0.323. The Morgan fingerprint density at radius 1 is 1.15 bits per heavy atom. The van der Waals surface area contributed by atoms with Gasteiger partial charge in [-0.3, -0.25) is 4.79 Å². The van der Waals surface area contributed by atoms with E-state index in [4.69, 9.17) is 0 Å². The van der Waals surface area contributed by atoms with Crippen molar-refractivity contribution in [3.8, 4) is 5.69 Å². The van der Waals surface area contributed by atoms with Gasteiger partial charge in [-0.1, -0.05) is 37.3 Å². The lowest BCUT2D eigenvalue weighted by atomic mass is 9.96. The molecule has 0 aliphatic carbocycles. The highest BCUT2D eigenvalue weighted by atomic mass is 19.1. The van der Waals surface area contributed by atoms with Crippen molar-refractivity contribution in [2.45, 2.75) is 26.2 Å². The first-order valence-corrected chi connectivity index (χ1v) is 8.61. The number of nitrogens with zero attached hydrogens (tertiary/aromatic N) is 3. The second kappa shape index (κ2) is 7.91. The Hall–Kier alpha value is -3.02. The SMILES string of the molecule is CC[C@H](CNC(=O)c1nc(C)n(-c2ccc(F)cc2)n1)c1ccccc1. The predicted molar refractivity (Wildman–Crippen MR) is 97.9 cm³/mol. The molecule has 0 unspecified atom stereocenters. The summed E-state index contributed by atoms with van der Waals surface area (Å²) in [6.45, 7) is 4.37. The zero-order valence-corrected chi connectivity index (χ0v) is 14.8. The number of rotatable bonds is 6. The minimum absolute atomic E-state index is 0.106. The molecule has 0 saturated carbocycles. The Bertz CT molecular complexity index is 875. The number of halogens is 1. The van der Waals surface area contributed by atoms with Crippen molar-refractivity contribution >= 4 is 5.91 Å². The molecule has 1 amide bonds. The number of aryl methyl sites for hydroxylation is 1. The van der Waals surface area contributed by atoms with Gasteiger partial charge in [-0.15, -0.1) is 5.10 Å². The van der Waals surface area contributed by atoms with Crippen LogP contribution in [0.2, 0.25) is 0 Å². The minimum Gasteiger partial charge on any atom is -0.349 e. The lowest BCUT2D eigenvalue weighted by Crippen LogP contribution is -2.29. The van der Waals surface area contributed by atoms with E-state index in [1.807, 2.05) is 18.2 Å². The van der Waals surface area contributed by atoms with Crippen LogP contribution in [-0.2, 0) is 0 Å². The summed E-state index contributed by atoms with van der Waals surface area (Å²) in [6.07, 6.45) is 0.917. The largest absolute Gasteiger partial charge is 0.349 e. The molecule has 0 aliphatic rings. The monoisotopic (exact) mass is 352 g/mol. The Kier molecular flexibility index (Phi) is 5.41. The zero-order chi connectivity index (χ0) is 18.5. The highest BCUT2D eigenvalue weighted by Crippen LogP contribution is 2.18. The summed E-state index contributed by atoms with van der Waals surface area (Å²) in [7, 11) is 0. The number of nitrogens with one attached hydrogen (secondary N) is 1. The van der Waals surface area contributed by atoms with Crippen LogP contribution in [0, 0.1) is 12.7 Å². The van der Waals surface area contributed by atoms with Crippen LogP contribution < -0.4 is 5.32 Å². The van der Waals surface area contributed by atoms with Crippen LogP contribution in [0.25, 0.3) is 5.69 Å². The van der Waals surface area contributed by atoms with E-state index in [1.165, 1.54) is 22.4 Å². The fourth-order valence-corrected chi connectivity index (χ4v) is 2.83. The number of hydrogen-bond acceptors (Lipinski definition) is 3. The molecule has 3 aromatic rings. The maximum Gasteiger partial charge on any atom is 0.291 e. The third-order valence-electron chi connectivity index (χ3n) is 4.32. The number of hydrogen-bond donors (Lipinski definition) is 1. The van der Waals surface area contributed by atoms with Crippen molar-refractivity contribution in [2.24, 2.45) is 0 Å². The van der Waals surface area contributed by atoms with E-state index in [1.54, 1.807) is 19.1 Å². The van der Waals surface area contributed by atoms with Crippen LogP contribution >= 0.6 is 0 Å². The highest BCUT2D eigenvalue weighted by molar-refractivity contribution is 5.90. The maximum atomic E-state index is 13.1. The Morgan fingerprint density at radius 3 is 2.50 bits per heavy atom. The van der Waals surface area contributed by atoms with Gasteiger partial charge in [0.25, 0.3) is 5.91 Å². The van der Waals surface area contributed by atoms with Crippen molar-refractivity contribution in [1.82, 2.24) is 20.1 Å². The average molecular weight is 352 g/mol. The average Bonchev–Trinajstić information content (AvgIpc) is 3.05. The van der Waals surface area contributed by atoms with E-state index in [-0.39, 0.29) is 23.5 Å². The third kappa shape index (κ3) is 3.96. The zero-order valence-electron chi connectivity index (χ0n) is 14.8. The van der Waals surface area contributed by atoms with Crippen molar-refractivity contribution in [1.29, 1.82) is 0 Å². The highest BCUT2D eigenvalue weighted by Gasteiger charge is 2.17. The van der Waals surface area contributed by atoms with Gasteiger partial charge in [0.15, 0.2) is 0 Å². The van der Waals surface area contributed by atoms with Gasteiger partial charge >= 0.3 is 0 Å². The molecular weight excluding hydrogens is 331 g/mol. The Morgan fingerprint density at radius 2 is 1.85 bits per heavy atom. The van der Waals surface area contributed by atoms with E-state index in [0.29, 0.717) is 18.1 Å². The number of benzene rings is 2. The van der Waals surface area contributed by atoms with E-state index in [0.717, 1.165) is 6.42 Å². The molecular formula is C20H21FN4O. The Labute approximate surface area is 151 Å². The quantitative estimate of drug-likeness (QED) is 0.737. The number of carbonyl (C=O) groups is 1. The Balaban J connectivity index is 1.70. The van der Waals surface area contributed by atoms with Gasteiger partial charge in [-0.05, 0) is 43.2 Å². The normalized spacial score (nSPS) is 12.0. The molecule has 0 bridgehead atoms. The van der Waals surface area contributed by atoms with Crippen LogP contribution in [0.15, 0.2) is 54.6 Å². The molecule has 26 heavy (non-hydrogen) atoms. The summed E-state index contributed by atoms with van der Waals surface area (Å²) in [5, 5.41) is 7.17. The summed E-state index contributed by atoms with van der Waals surface area (Å²) in [4.78, 5) is 16.7. The van der Waals surface area contributed by atoms with Crippen LogP contribution in [0.3, 0.4) is 0 Å². The van der Waals surface area contributed by atoms with Crippen molar-refractivity contribution in [3.63, 3.8) is 0 Å². The molecule has 0 aliphatic heterocycles. The van der Waals surface area contributed by atoms with Gasteiger partial charge in [0.05, 0.1) is 5.69 Å². The van der Waals surface area contributed by atoms with Gasteiger partial charge in [-0.25, -0.2) is 14.1 Å². The lowest BCUT2D eigenvalue weighted by Gasteiger charge is -2.15. The molecule has 0 fully saturated rings. The van der Waals surface area contributed by atoms with Crippen LogP contribution in [0.5, 0.6) is 0 Å². The third-order valence-corrected chi connectivity index (χ3v) is 4.32. The van der Waals surface area contributed by atoms with E-state index >= 15 is 0 Å². The van der Waals surface area contributed by atoms with Gasteiger partial charge in [0.1, 0.15) is 11.6 Å². The number of amides is 1. The van der Waals surface area contributed by atoms with E-state index < -0.39 is 0 Å². The molecule has 5 nitrogen and oxygen atoms in total. The van der Waals surface area contributed by atoms with E-state index in [9.17, 15) is 9.18 Å². The van der Waals surface area contributed by atoms with Gasteiger partial charge in [-0.2, -0.15) is 0 Å². The molecule has 1 N–H and O–H groups in total. The van der Waals surface area contributed by atoms with Crippen molar-refractivity contribution < 1.29 is 9.18 Å². The second-order valence-corrected chi connectivity index (χ2v) is 6.10. The molecule has 2 aromatic carbocycles. The molecule has 134 valence electrons. The van der Waals surface area contributed by atoms with E-state index in [2.05, 4.69) is 34.5 Å². The summed E-state index contributed by atoms with van der Waals surface area (Å²) in [5.74, 6) is 0.270. The molecule has 0 radical (unpaired) electrons. The topological polar surface area (TPSA) is 59.8 Å². The molecule has 0 spiro atoms. The number of aromatic nitrogens is 3. The molecule has 0 saturated heterocycles. The molecule has 6 heteroatoms. The second-order valence-electron chi connectivity index (χ2n) is 6.10. The number of carbonyl (C=O) groups excluding carboxylic acids is 1. The summed E-state index contributed by atoms with van der Waals surface area (Å²) < 4.78 is 14.6. The van der Waals surface area contributed by atoms with Gasteiger partial charge in [0.2, 0.25) is 5.82 Å². The van der Waals surface area contributed by atoms with Crippen molar-refractivity contribution in [2.75, 3.05) is 6.54 Å². The molecule has 1 heterocycles. The first-order valence-electron chi connectivity index (χ1n) is 8.61. The molecule has 1 aromatic heterocycles. The van der Waals surface area contributed by atoms with Crippen LogP contribution in [0.4, 0.5) is 4.39 Å². The fourth-order valence-electron chi connectivity index (χ4n) is 2.83. The smallest absolute Gasteiger partial charge is 0.291 e. The summed E-state index contributed by atoms with van der Waals surface area (Å²) in [6, 6.07) is 16.0. The summed E-state index contributed by atoms with van der Waals surface area (Å²) in [5.41, 5.74) is 1.85. The van der Waals surface area contributed by atoms with Gasteiger partial charge < -0.3 is 5.32 Å². The molecule has 1 atom stereocenters. The predicted octanol–water partition coefficient (Wildman–Crippen LogP) is 3.64.